The normalized spacial score (nSPS) is 24.8. The molecule has 2 fully saturated rings. The van der Waals surface area contributed by atoms with Crippen LogP contribution in [0.5, 0.6) is 0 Å². The summed E-state index contributed by atoms with van der Waals surface area (Å²) < 4.78 is 49.2. The highest BCUT2D eigenvalue weighted by Crippen LogP contribution is 2.40. The van der Waals surface area contributed by atoms with E-state index in [1.165, 1.54) is 69.1 Å². The van der Waals surface area contributed by atoms with Gasteiger partial charge in [-0.1, -0.05) is 69.9 Å². The Morgan fingerprint density at radius 3 is 1.76 bits per heavy atom. The van der Waals surface area contributed by atoms with E-state index in [-0.39, 0.29) is 12.5 Å². The molecule has 0 atom stereocenters. The molecular weight excluding hydrogens is 469 g/mol. The molecule has 37 heavy (non-hydrogen) atoms. The second-order valence-corrected chi connectivity index (χ2v) is 11.6. The summed E-state index contributed by atoms with van der Waals surface area (Å²) in [6.45, 7) is 4.31. The molecule has 2 aliphatic carbocycles. The highest BCUT2D eigenvalue weighted by Gasteiger charge is 2.36. The number of rotatable bonds is 11. The van der Waals surface area contributed by atoms with E-state index in [0.717, 1.165) is 48.6 Å². The van der Waals surface area contributed by atoms with E-state index < -0.39 is 17.5 Å². The summed E-state index contributed by atoms with van der Waals surface area (Å²) in [7, 11) is 0. The standard InChI is InChI=1S/C33H45F3O/c1-3-5-24-7-13-27(14-8-24)28-15-11-26(12-16-28)21-22-37-33(35,36)31-20-19-30(23-32(31)34)29-17-9-25(6-4-2)10-18-29/h11-12,15-16,19-20,23-25,27,29H,3-10,13-14,17-18,21-22H2,1-2H3/t24-,25-,27-,29-. The predicted molar refractivity (Wildman–Crippen MR) is 146 cm³/mol. The van der Waals surface area contributed by atoms with Gasteiger partial charge in [0.15, 0.2) is 0 Å². The first-order valence-corrected chi connectivity index (χ1v) is 14.8. The second kappa shape index (κ2) is 13.3. The molecule has 0 heterocycles. The monoisotopic (exact) mass is 514 g/mol. The first-order valence-electron chi connectivity index (χ1n) is 14.8. The van der Waals surface area contributed by atoms with Gasteiger partial charge in [0, 0.05) is 0 Å². The number of alkyl halides is 2. The Balaban J connectivity index is 1.26. The molecule has 0 amide bonds. The average Bonchev–Trinajstić information content (AvgIpc) is 2.90. The predicted octanol–water partition coefficient (Wildman–Crippen LogP) is 10.3. The lowest BCUT2D eigenvalue weighted by Gasteiger charge is -2.29. The summed E-state index contributed by atoms with van der Waals surface area (Å²) in [6, 6.07) is 12.6. The van der Waals surface area contributed by atoms with Gasteiger partial charge in [0.2, 0.25) is 0 Å². The molecular formula is C33H45F3O. The van der Waals surface area contributed by atoms with Crippen LogP contribution in [-0.2, 0) is 17.3 Å². The third-order valence-corrected chi connectivity index (χ3v) is 8.99. The molecule has 0 aliphatic heterocycles. The van der Waals surface area contributed by atoms with Crippen LogP contribution in [0.1, 0.15) is 125 Å². The van der Waals surface area contributed by atoms with Gasteiger partial charge >= 0.3 is 6.11 Å². The number of hydrogen-bond acceptors (Lipinski definition) is 1. The highest BCUT2D eigenvalue weighted by atomic mass is 19.3. The van der Waals surface area contributed by atoms with Crippen LogP contribution >= 0.6 is 0 Å². The van der Waals surface area contributed by atoms with Crippen molar-refractivity contribution in [3.63, 3.8) is 0 Å². The molecule has 0 N–H and O–H groups in total. The van der Waals surface area contributed by atoms with E-state index in [4.69, 9.17) is 4.74 Å². The van der Waals surface area contributed by atoms with Crippen LogP contribution in [-0.4, -0.2) is 6.61 Å². The van der Waals surface area contributed by atoms with Crippen LogP contribution in [0.15, 0.2) is 42.5 Å². The summed E-state index contributed by atoms with van der Waals surface area (Å²) in [5.41, 5.74) is 2.50. The van der Waals surface area contributed by atoms with Crippen molar-refractivity contribution < 1.29 is 17.9 Å². The Labute approximate surface area is 222 Å². The number of halogens is 3. The molecule has 0 saturated heterocycles. The van der Waals surface area contributed by atoms with E-state index in [1.807, 2.05) is 12.1 Å². The molecule has 2 aromatic rings. The quantitative estimate of drug-likeness (QED) is 0.290. The van der Waals surface area contributed by atoms with Gasteiger partial charge in [0.1, 0.15) is 5.82 Å². The van der Waals surface area contributed by atoms with E-state index in [0.29, 0.717) is 12.3 Å². The fourth-order valence-electron chi connectivity index (χ4n) is 6.74. The minimum absolute atomic E-state index is 0.156. The Morgan fingerprint density at radius 2 is 1.24 bits per heavy atom. The summed E-state index contributed by atoms with van der Waals surface area (Å²) in [4.78, 5) is 0. The van der Waals surface area contributed by atoms with Gasteiger partial charge in [-0.3, -0.25) is 0 Å². The summed E-state index contributed by atoms with van der Waals surface area (Å²) >= 11 is 0. The van der Waals surface area contributed by atoms with Crippen LogP contribution in [0.2, 0.25) is 0 Å². The minimum Gasteiger partial charge on any atom is -0.316 e. The fraction of sp³-hybridized carbons (Fsp3) is 0.636. The molecule has 4 heteroatoms. The second-order valence-electron chi connectivity index (χ2n) is 11.6. The number of ether oxygens (including phenoxy) is 1. The Morgan fingerprint density at radius 1 is 0.730 bits per heavy atom. The number of hydrogen-bond donors (Lipinski definition) is 0. The van der Waals surface area contributed by atoms with E-state index in [2.05, 4.69) is 26.0 Å². The fourth-order valence-corrected chi connectivity index (χ4v) is 6.74. The lowest BCUT2D eigenvalue weighted by molar-refractivity contribution is -0.249. The van der Waals surface area contributed by atoms with Crippen molar-refractivity contribution in [3.8, 4) is 0 Å². The van der Waals surface area contributed by atoms with Crippen LogP contribution in [0.3, 0.4) is 0 Å². The van der Waals surface area contributed by atoms with Gasteiger partial charge in [0.25, 0.3) is 0 Å². The molecule has 1 nitrogen and oxygen atoms in total. The van der Waals surface area contributed by atoms with Crippen molar-refractivity contribution in [3.05, 3.63) is 70.5 Å². The number of benzene rings is 2. The van der Waals surface area contributed by atoms with Crippen molar-refractivity contribution in [2.45, 2.75) is 115 Å². The molecule has 0 radical (unpaired) electrons. The smallest absolute Gasteiger partial charge is 0.316 e. The van der Waals surface area contributed by atoms with Gasteiger partial charge in [-0.15, -0.1) is 0 Å². The lowest BCUT2D eigenvalue weighted by atomic mass is 9.77. The van der Waals surface area contributed by atoms with E-state index in [1.54, 1.807) is 6.07 Å². The van der Waals surface area contributed by atoms with Crippen molar-refractivity contribution in [2.75, 3.05) is 6.61 Å². The van der Waals surface area contributed by atoms with Crippen molar-refractivity contribution in [1.82, 2.24) is 0 Å². The topological polar surface area (TPSA) is 9.23 Å². The maximum absolute atomic E-state index is 14.8. The van der Waals surface area contributed by atoms with Gasteiger partial charge in [-0.2, -0.15) is 8.78 Å². The van der Waals surface area contributed by atoms with Gasteiger partial charge in [-0.25, -0.2) is 4.39 Å². The Kier molecular flexibility index (Phi) is 10.1. The molecule has 204 valence electrons. The van der Waals surface area contributed by atoms with Gasteiger partial charge < -0.3 is 4.74 Å². The summed E-state index contributed by atoms with van der Waals surface area (Å²) in [5, 5.41) is 0. The van der Waals surface area contributed by atoms with Crippen molar-refractivity contribution in [1.29, 1.82) is 0 Å². The van der Waals surface area contributed by atoms with Crippen LogP contribution < -0.4 is 0 Å². The molecule has 0 spiro atoms. The maximum Gasteiger partial charge on any atom is 0.386 e. The van der Waals surface area contributed by atoms with Crippen LogP contribution in [0.4, 0.5) is 13.2 Å². The largest absolute Gasteiger partial charge is 0.386 e. The Bertz CT molecular complexity index is 954. The molecule has 0 aromatic heterocycles. The third kappa shape index (κ3) is 7.62. The first kappa shape index (κ1) is 28.2. The lowest BCUT2D eigenvalue weighted by Crippen LogP contribution is -2.22. The minimum atomic E-state index is -3.64. The van der Waals surface area contributed by atoms with E-state index in [9.17, 15) is 13.2 Å². The highest BCUT2D eigenvalue weighted by molar-refractivity contribution is 5.29. The SMILES string of the molecule is CCC[C@H]1CC[C@H](c2ccc(CCOC(F)(F)c3ccc([C@H]4CC[C@H](CCC)CC4)cc3F)cc2)CC1. The molecule has 2 saturated carbocycles. The third-order valence-electron chi connectivity index (χ3n) is 8.99. The molecule has 4 rings (SSSR count). The zero-order chi connectivity index (χ0) is 26.3. The van der Waals surface area contributed by atoms with Crippen molar-refractivity contribution in [2.24, 2.45) is 11.8 Å². The van der Waals surface area contributed by atoms with Crippen LogP contribution in [0.25, 0.3) is 0 Å². The summed E-state index contributed by atoms with van der Waals surface area (Å²) in [6.07, 6.45) is 11.2. The Hall–Kier alpha value is -1.81. The van der Waals surface area contributed by atoms with Gasteiger partial charge in [0.05, 0.1) is 12.2 Å². The molecule has 2 aromatic carbocycles. The molecule has 0 unspecified atom stereocenters. The zero-order valence-electron chi connectivity index (χ0n) is 22.8. The maximum atomic E-state index is 14.8. The van der Waals surface area contributed by atoms with Crippen LogP contribution in [0, 0.1) is 17.7 Å². The first-order chi connectivity index (χ1) is 17.9. The summed E-state index contributed by atoms with van der Waals surface area (Å²) in [5.74, 6) is 1.65. The molecule has 2 aliphatic rings. The van der Waals surface area contributed by atoms with Gasteiger partial charge in [-0.05, 0) is 110 Å². The average molecular weight is 515 g/mol. The van der Waals surface area contributed by atoms with Crippen molar-refractivity contribution >= 4 is 0 Å². The zero-order valence-corrected chi connectivity index (χ0v) is 22.8. The van der Waals surface area contributed by atoms with E-state index >= 15 is 0 Å². The molecule has 0 bridgehead atoms.